The maximum absolute atomic E-state index is 12.4. The molecule has 0 saturated heterocycles. The van der Waals surface area contributed by atoms with Crippen LogP contribution in [0.4, 0.5) is 5.69 Å². The number of rotatable bonds is 8. The van der Waals surface area contributed by atoms with Crippen LogP contribution in [0.25, 0.3) is 0 Å². The predicted molar refractivity (Wildman–Crippen MR) is 107 cm³/mol. The summed E-state index contributed by atoms with van der Waals surface area (Å²) < 4.78 is 6.86. The van der Waals surface area contributed by atoms with Crippen LogP contribution >= 0.6 is 23.2 Å². The van der Waals surface area contributed by atoms with E-state index in [1.54, 1.807) is 42.9 Å². The maximum Gasteiger partial charge on any atom is 0.287 e. The minimum atomic E-state index is -0.359. The summed E-state index contributed by atoms with van der Waals surface area (Å²) in [6, 6.07) is 10.9. The van der Waals surface area contributed by atoms with Crippen LogP contribution in [-0.2, 0) is 13.0 Å². The fraction of sp³-hybridized carbons (Fsp3) is 0.211. The van der Waals surface area contributed by atoms with Gasteiger partial charge in [0.05, 0.1) is 18.4 Å². The largest absolute Gasteiger partial charge is 0.492 e. The third kappa shape index (κ3) is 5.45. The minimum Gasteiger partial charge on any atom is -0.492 e. The third-order valence-corrected chi connectivity index (χ3v) is 4.44. The highest BCUT2D eigenvalue weighted by Gasteiger charge is 2.09. The molecule has 3 aromatic rings. The fourth-order valence-corrected chi connectivity index (χ4v) is 2.76. The molecule has 2 heterocycles. The van der Waals surface area contributed by atoms with E-state index in [2.05, 4.69) is 15.4 Å². The van der Waals surface area contributed by atoms with Gasteiger partial charge in [-0.3, -0.25) is 9.78 Å². The Bertz CT molecular complexity index is 931. The van der Waals surface area contributed by atoms with Crippen molar-refractivity contribution in [1.29, 1.82) is 0 Å². The molecule has 0 fully saturated rings. The molecule has 0 aliphatic heterocycles. The van der Waals surface area contributed by atoms with Gasteiger partial charge in [0.15, 0.2) is 0 Å². The number of aromatic nitrogens is 3. The lowest BCUT2D eigenvalue weighted by Crippen LogP contribution is -2.27. The van der Waals surface area contributed by atoms with E-state index in [9.17, 15) is 4.79 Å². The van der Waals surface area contributed by atoms with Gasteiger partial charge in [0.25, 0.3) is 5.56 Å². The molecule has 1 aromatic carbocycles. The monoisotopic (exact) mass is 404 g/mol. The number of halogens is 2. The molecule has 2 aromatic heterocycles. The van der Waals surface area contributed by atoms with Crippen molar-refractivity contribution in [3.05, 3.63) is 81.0 Å². The molecule has 0 aliphatic rings. The van der Waals surface area contributed by atoms with Crippen LogP contribution in [0.3, 0.4) is 0 Å². The Morgan fingerprint density at radius 3 is 2.67 bits per heavy atom. The van der Waals surface area contributed by atoms with Crippen molar-refractivity contribution in [2.24, 2.45) is 0 Å². The topological polar surface area (TPSA) is 69.0 Å². The SMILES string of the molecule is O=c1c(Cl)c(NCCc2cccnc2)cnn1CCOc1ccc(Cl)cc1. The van der Waals surface area contributed by atoms with E-state index in [1.807, 2.05) is 12.1 Å². The Balaban J connectivity index is 1.54. The first-order chi connectivity index (χ1) is 13.1. The Morgan fingerprint density at radius 1 is 1.11 bits per heavy atom. The number of pyridine rings is 1. The van der Waals surface area contributed by atoms with Crippen molar-refractivity contribution < 1.29 is 4.74 Å². The lowest BCUT2D eigenvalue weighted by molar-refractivity contribution is 0.288. The summed E-state index contributed by atoms with van der Waals surface area (Å²) in [7, 11) is 0. The van der Waals surface area contributed by atoms with E-state index in [0.29, 0.717) is 29.6 Å². The van der Waals surface area contributed by atoms with Crippen molar-refractivity contribution >= 4 is 28.9 Å². The zero-order valence-corrected chi connectivity index (χ0v) is 16.0. The molecule has 8 heteroatoms. The first kappa shape index (κ1) is 19.2. The van der Waals surface area contributed by atoms with Gasteiger partial charge in [-0.25, -0.2) is 4.68 Å². The minimum absolute atomic E-state index is 0.114. The van der Waals surface area contributed by atoms with E-state index in [-0.39, 0.29) is 17.1 Å². The molecule has 0 bridgehead atoms. The normalized spacial score (nSPS) is 10.6. The highest BCUT2D eigenvalue weighted by Crippen LogP contribution is 2.16. The number of ether oxygens (including phenoxy) is 1. The zero-order valence-electron chi connectivity index (χ0n) is 14.4. The molecular weight excluding hydrogens is 387 g/mol. The van der Waals surface area contributed by atoms with Gasteiger partial charge in [-0.05, 0) is 42.3 Å². The van der Waals surface area contributed by atoms with Crippen LogP contribution in [-0.4, -0.2) is 27.9 Å². The molecule has 6 nitrogen and oxygen atoms in total. The summed E-state index contributed by atoms with van der Waals surface area (Å²) in [6.07, 6.45) is 5.85. The van der Waals surface area contributed by atoms with Gasteiger partial charge in [0, 0.05) is 24.0 Å². The molecule has 0 atom stereocenters. The quantitative estimate of drug-likeness (QED) is 0.619. The van der Waals surface area contributed by atoms with Gasteiger partial charge in [-0.1, -0.05) is 29.3 Å². The molecule has 3 rings (SSSR count). The number of nitrogens with zero attached hydrogens (tertiary/aromatic N) is 3. The van der Waals surface area contributed by atoms with Crippen LogP contribution in [0, 0.1) is 0 Å². The maximum atomic E-state index is 12.4. The predicted octanol–water partition coefficient (Wildman–Crippen LogP) is 3.68. The Morgan fingerprint density at radius 2 is 1.93 bits per heavy atom. The van der Waals surface area contributed by atoms with E-state index in [1.165, 1.54) is 4.68 Å². The van der Waals surface area contributed by atoms with Gasteiger partial charge in [0.1, 0.15) is 17.4 Å². The Kier molecular flexibility index (Phi) is 6.68. The summed E-state index contributed by atoms with van der Waals surface area (Å²) in [6.45, 7) is 1.20. The first-order valence-corrected chi connectivity index (χ1v) is 9.16. The van der Waals surface area contributed by atoms with E-state index < -0.39 is 0 Å². The first-order valence-electron chi connectivity index (χ1n) is 8.40. The van der Waals surface area contributed by atoms with Gasteiger partial charge < -0.3 is 10.1 Å². The number of nitrogens with one attached hydrogen (secondary N) is 1. The van der Waals surface area contributed by atoms with Crippen molar-refractivity contribution in [2.45, 2.75) is 13.0 Å². The van der Waals surface area contributed by atoms with Crippen molar-refractivity contribution in [1.82, 2.24) is 14.8 Å². The molecular formula is C19H18Cl2N4O2. The molecule has 0 aliphatic carbocycles. The van der Waals surface area contributed by atoms with Crippen LogP contribution in [0.1, 0.15) is 5.56 Å². The lowest BCUT2D eigenvalue weighted by Gasteiger charge is -2.11. The molecule has 0 unspecified atom stereocenters. The molecule has 1 N–H and O–H groups in total. The second kappa shape index (κ2) is 9.39. The number of anilines is 1. The summed E-state index contributed by atoms with van der Waals surface area (Å²) in [5.41, 5.74) is 1.25. The van der Waals surface area contributed by atoms with Gasteiger partial charge >= 0.3 is 0 Å². The van der Waals surface area contributed by atoms with E-state index in [0.717, 1.165) is 12.0 Å². The molecule has 0 radical (unpaired) electrons. The Labute approximate surface area is 166 Å². The van der Waals surface area contributed by atoms with Crippen LogP contribution < -0.4 is 15.6 Å². The second-order valence-corrected chi connectivity index (χ2v) is 6.56. The summed E-state index contributed by atoms with van der Waals surface area (Å²) in [5, 5.41) is 8.04. The molecule has 0 spiro atoms. The van der Waals surface area contributed by atoms with E-state index in [4.69, 9.17) is 27.9 Å². The van der Waals surface area contributed by atoms with Crippen molar-refractivity contribution in [2.75, 3.05) is 18.5 Å². The van der Waals surface area contributed by atoms with Gasteiger partial charge in [-0.2, -0.15) is 5.10 Å². The summed E-state index contributed by atoms with van der Waals surface area (Å²) in [5.74, 6) is 0.673. The van der Waals surface area contributed by atoms with Crippen molar-refractivity contribution in [3.8, 4) is 5.75 Å². The molecule has 27 heavy (non-hydrogen) atoms. The highest BCUT2D eigenvalue weighted by atomic mass is 35.5. The van der Waals surface area contributed by atoms with E-state index >= 15 is 0 Å². The van der Waals surface area contributed by atoms with Crippen LogP contribution in [0.15, 0.2) is 59.8 Å². The molecule has 140 valence electrons. The smallest absolute Gasteiger partial charge is 0.287 e. The number of hydrogen-bond donors (Lipinski definition) is 1. The third-order valence-electron chi connectivity index (χ3n) is 3.82. The van der Waals surface area contributed by atoms with Gasteiger partial charge in [0.2, 0.25) is 0 Å². The Hall–Kier alpha value is -2.57. The molecule has 0 amide bonds. The number of hydrogen-bond acceptors (Lipinski definition) is 5. The summed E-state index contributed by atoms with van der Waals surface area (Å²) >= 11 is 12.0. The van der Waals surface area contributed by atoms with Crippen LogP contribution in [0.5, 0.6) is 5.75 Å². The second-order valence-electron chi connectivity index (χ2n) is 5.74. The zero-order chi connectivity index (χ0) is 19.1. The molecule has 0 saturated carbocycles. The van der Waals surface area contributed by atoms with Crippen LogP contribution in [0.2, 0.25) is 10.0 Å². The van der Waals surface area contributed by atoms with Crippen molar-refractivity contribution in [3.63, 3.8) is 0 Å². The lowest BCUT2D eigenvalue weighted by atomic mass is 10.2. The average molecular weight is 405 g/mol. The van der Waals surface area contributed by atoms with Gasteiger partial charge in [-0.15, -0.1) is 0 Å². The fourth-order valence-electron chi connectivity index (χ4n) is 2.42. The standard InChI is InChI=1S/C19H18Cl2N4O2/c20-15-3-5-16(6-4-15)27-11-10-25-19(26)18(21)17(13-24-25)23-9-7-14-2-1-8-22-12-14/h1-6,8,12-13,23H,7,9-11H2. The highest BCUT2D eigenvalue weighted by molar-refractivity contribution is 6.32. The summed E-state index contributed by atoms with van der Waals surface area (Å²) in [4.78, 5) is 16.4. The number of benzene rings is 1. The average Bonchev–Trinajstić information content (AvgIpc) is 2.69.